The third-order valence-electron chi connectivity index (χ3n) is 4.17. The van der Waals surface area contributed by atoms with Gasteiger partial charge in [-0.15, -0.1) is 0 Å². The van der Waals surface area contributed by atoms with E-state index >= 15 is 0 Å². The van der Waals surface area contributed by atoms with E-state index in [-0.39, 0.29) is 5.56 Å². The average Bonchev–Trinajstić information content (AvgIpc) is 2.84. The van der Waals surface area contributed by atoms with Gasteiger partial charge in [0.15, 0.2) is 0 Å². The Bertz CT molecular complexity index is 593. The van der Waals surface area contributed by atoms with E-state index in [4.69, 9.17) is 9.52 Å². The van der Waals surface area contributed by atoms with Crippen molar-refractivity contribution in [3.63, 3.8) is 0 Å². The highest BCUT2D eigenvalue weighted by molar-refractivity contribution is 6.91. The highest BCUT2D eigenvalue weighted by atomic mass is 28.3. The molecule has 5 heteroatoms. The van der Waals surface area contributed by atoms with Crippen molar-refractivity contribution in [1.29, 1.82) is 0 Å². The highest BCUT2D eigenvalue weighted by Crippen LogP contribution is 2.24. The highest BCUT2D eigenvalue weighted by Gasteiger charge is 2.33. The van der Waals surface area contributed by atoms with Crippen LogP contribution in [0.3, 0.4) is 0 Å². The van der Waals surface area contributed by atoms with E-state index in [1.165, 1.54) is 6.20 Å². The molecule has 0 spiro atoms. The van der Waals surface area contributed by atoms with E-state index in [1.54, 1.807) is 6.07 Å². The van der Waals surface area contributed by atoms with Crippen LogP contribution in [-0.2, 0) is 0 Å². The van der Waals surface area contributed by atoms with Crippen LogP contribution < -0.4 is 5.38 Å². The Morgan fingerprint density at radius 3 is 2.42 bits per heavy atom. The van der Waals surface area contributed by atoms with Crippen LogP contribution in [0.25, 0.3) is 11.1 Å². The summed E-state index contributed by atoms with van der Waals surface area (Å²) in [6, 6.07) is 7.03. The molecule has 4 nitrogen and oxygen atoms in total. The summed E-state index contributed by atoms with van der Waals surface area (Å²) in [4.78, 5) is 15.1. The van der Waals surface area contributed by atoms with Gasteiger partial charge in [0.25, 0.3) is 0 Å². The smallest absolute Gasteiger partial charge is 0.337 e. The van der Waals surface area contributed by atoms with Gasteiger partial charge in [-0.3, -0.25) is 0 Å². The molecule has 1 N–H and O–H groups in total. The van der Waals surface area contributed by atoms with Crippen LogP contribution >= 0.6 is 0 Å². The molecule has 0 bridgehead atoms. The number of hydrogen-bond acceptors (Lipinski definition) is 3. The number of nitrogens with zero attached hydrogens (tertiary/aromatic N) is 1. The van der Waals surface area contributed by atoms with Crippen molar-refractivity contribution in [3.05, 3.63) is 23.9 Å². The number of carboxylic acid groups (broad SMARTS) is 1. The van der Waals surface area contributed by atoms with Crippen molar-refractivity contribution in [1.82, 2.24) is 4.98 Å². The van der Waals surface area contributed by atoms with E-state index in [0.717, 1.165) is 28.9 Å². The lowest BCUT2D eigenvalue weighted by Gasteiger charge is -2.24. The summed E-state index contributed by atoms with van der Waals surface area (Å²) in [5, 5.41) is 10.8. The molecule has 0 aliphatic carbocycles. The number of aromatic nitrogens is 1. The van der Waals surface area contributed by atoms with Crippen LogP contribution in [0.1, 0.15) is 31.1 Å². The van der Waals surface area contributed by atoms with Gasteiger partial charge in [0.2, 0.25) is 5.71 Å². The zero-order valence-corrected chi connectivity index (χ0v) is 12.6. The lowest BCUT2D eigenvalue weighted by Crippen LogP contribution is -2.44. The molecule has 2 rings (SSSR count). The van der Waals surface area contributed by atoms with Crippen LogP contribution in [0.4, 0.5) is 0 Å². The van der Waals surface area contributed by atoms with E-state index in [0.29, 0.717) is 5.71 Å². The monoisotopic (exact) mass is 277 g/mol. The molecular formula is C14H19NO3Si. The van der Waals surface area contributed by atoms with Crippen molar-refractivity contribution in [3.8, 4) is 0 Å². The van der Waals surface area contributed by atoms with Gasteiger partial charge >= 0.3 is 5.97 Å². The second-order valence-corrected chi connectivity index (χ2v) is 10.0. The molecule has 0 fully saturated rings. The fraction of sp³-hybridized carbons (Fsp3) is 0.429. The van der Waals surface area contributed by atoms with Crippen molar-refractivity contribution in [2.75, 3.05) is 0 Å². The van der Waals surface area contributed by atoms with E-state index < -0.39 is 14.0 Å². The molecule has 0 saturated heterocycles. The van der Waals surface area contributed by atoms with Gasteiger partial charge in [0, 0.05) is 11.6 Å². The zero-order valence-electron chi connectivity index (χ0n) is 11.6. The summed E-state index contributed by atoms with van der Waals surface area (Å²) in [6.45, 7) is 6.63. The Labute approximate surface area is 113 Å². The Balaban J connectivity index is 2.54. The van der Waals surface area contributed by atoms with Gasteiger partial charge < -0.3 is 9.52 Å². The predicted molar refractivity (Wildman–Crippen MR) is 77.8 cm³/mol. The zero-order chi connectivity index (χ0) is 14.0. The maximum atomic E-state index is 11.0. The third kappa shape index (κ3) is 2.30. The van der Waals surface area contributed by atoms with Gasteiger partial charge in [-0.25, -0.2) is 9.78 Å². The number of carboxylic acids is 1. The van der Waals surface area contributed by atoms with Crippen molar-refractivity contribution in [2.45, 2.75) is 38.9 Å². The molecule has 0 amide bonds. The maximum Gasteiger partial charge on any atom is 0.337 e. The first-order valence-corrected chi connectivity index (χ1v) is 9.31. The summed E-state index contributed by atoms with van der Waals surface area (Å²) < 4.78 is 5.90. The molecular weight excluding hydrogens is 258 g/mol. The molecule has 0 saturated carbocycles. The minimum atomic E-state index is -1.58. The van der Waals surface area contributed by atoms with Crippen LogP contribution in [0.15, 0.2) is 22.7 Å². The molecule has 0 aromatic carbocycles. The number of aromatic carboxylic acids is 1. The Hall–Kier alpha value is -1.62. The summed E-state index contributed by atoms with van der Waals surface area (Å²) in [7, 11) is -1.58. The number of rotatable bonds is 5. The first-order chi connectivity index (χ1) is 9.06. The van der Waals surface area contributed by atoms with Gasteiger partial charge in [0.05, 0.1) is 10.9 Å². The van der Waals surface area contributed by atoms with Crippen LogP contribution in [0.5, 0.6) is 0 Å². The number of hydrogen-bond donors (Lipinski definition) is 1. The van der Waals surface area contributed by atoms with Crippen molar-refractivity contribution in [2.24, 2.45) is 0 Å². The summed E-state index contributed by atoms with van der Waals surface area (Å²) in [6.07, 6.45) is 1.35. The first-order valence-electron chi connectivity index (χ1n) is 6.69. The fourth-order valence-corrected chi connectivity index (χ4v) is 5.90. The van der Waals surface area contributed by atoms with Crippen LogP contribution in [0.2, 0.25) is 18.1 Å². The fourth-order valence-electron chi connectivity index (χ4n) is 2.58. The largest absolute Gasteiger partial charge is 0.478 e. The SMILES string of the molecule is CC[Si](CC)(CC)c1cc2cc(C(=O)O)cnc2o1. The predicted octanol–water partition coefficient (Wildman–Crippen LogP) is 3.24. The molecule has 2 aromatic heterocycles. The average molecular weight is 277 g/mol. The minimum absolute atomic E-state index is 0.205. The van der Waals surface area contributed by atoms with E-state index in [9.17, 15) is 4.79 Å². The van der Waals surface area contributed by atoms with Crippen LogP contribution in [0, 0.1) is 0 Å². The molecule has 102 valence electrons. The standard InChI is InChI=1S/C14H19NO3Si/c1-4-19(5-2,6-3)12-8-10-7-11(14(16)17)9-15-13(10)18-12/h7-9H,4-6H2,1-3H3,(H,16,17). The second kappa shape index (κ2) is 5.17. The van der Waals surface area contributed by atoms with Crippen LogP contribution in [-0.4, -0.2) is 24.1 Å². The Kier molecular flexibility index (Phi) is 3.75. The number of furan rings is 1. The lowest BCUT2D eigenvalue weighted by atomic mass is 10.2. The molecule has 2 aromatic rings. The third-order valence-corrected chi connectivity index (χ3v) is 9.52. The maximum absolute atomic E-state index is 11.0. The van der Waals surface area contributed by atoms with Crippen molar-refractivity contribution >= 4 is 30.5 Å². The summed E-state index contributed by atoms with van der Waals surface area (Å²) in [5.41, 5.74) is 0.754. The quantitative estimate of drug-likeness (QED) is 0.852. The van der Waals surface area contributed by atoms with E-state index in [2.05, 4.69) is 25.8 Å². The van der Waals surface area contributed by atoms with Gasteiger partial charge in [-0.05, 0) is 12.1 Å². The normalized spacial score (nSPS) is 11.9. The van der Waals surface area contributed by atoms with Gasteiger partial charge in [0.1, 0.15) is 8.07 Å². The molecule has 0 radical (unpaired) electrons. The lowest BCUT2D eigenvalue weighted by molar-refractivity contribution is 0.0696. The molecule has 0 atom stereocenters. The Morgan fingerprint density at radius 2 is 1.89 bits per heavy atom. The minimum Gasteiger partial charge on any atom is -0.478 e. The molecule has 0 aliphatic heterocycles. The molecule has 0 unspecified atom stereocenters. The molecule has 0 aliphatic rings. The first kappa shape index (κ1) is 13.8. The molecule has 19 heavy (non-hydrogen) atoms. The number of pyridine rings is 1. The summed E-state index contributed by atoms with van der Waals surface area (Å²) >= 11 is 0. The summed E-state index contributed by atoms with van der Waals surface area (Å²) in [5.74, 6) is -0.956. The molecule has 2 heterocycles. The number of carbonyl (C=O) groups is 1. The van der Waals surface area contributed by atoms with E-state index in [1.807, 2.05) is 6.07 Å². The van der Waals surface area contributed by atoms with Crippen molar-refractivity contribution < 1.29 is 14.3 Å². The topological polar surface area (TPSA) is 63.3 Å². The van der Waals surface area contributed by atoms with Gasteiger partial charge in [-0.2, -0.15) is 0 Å². The Morgan fingerprint density at radius 1 is 1.26 bits per heavy atom. The van der Waals surface area contributed by atoms with Gasteiger partial charge in [-0.1, -0.05) is 38.9 Å². The second-order valence-electron chi connectivity index (χ2n) is 4.88. The number of fused-ring (bicyclic) bond motifs is 1.